The van der Waals surface area contributed by atoms with Crippen molar-refractivity contribution in [2.75, 3.05) is 45.8 Å². The van der Waals surface area contributed by atoms with Gasteiger partial charge in [0, 0.05) is 39.1 Å². The van der Waals surface area contributed by atoms with E-state index in [0.717, 1.165) is 51.5 Å². The van der Waals surface area contributed by atoms with Crippen LogP contribution in [-0.4, -0.2) is 70.5 Å². The van der Waals surface area contributed by atoms with E-state index in [0.29, 0.717) is 9.96 Å². The summed E-state index contributed by atoms with van der Waals surface area (Å²) in [4.78, 5) is 19.3. The maximum Gasteiger partial charge on any atom is 0.222 e. The fourth-order valence-electron chi connectivity index (χ4n) is 3.39. The molecule has 0 aromatic carbocycles. The maximum atomic E-state index is 12.3. The summed E-state index contributed by atoms with van der Waals surface area (Å²) >= 11 is 2.45. The summed E-state index contributed by atoms with van der Waals surface area (Å²) < 4.78 is 0.571. The Balaban J connectivity index is 1.60. The van der Waals surface area contributed by atoms with Gasteiger partial charge in [-0.05, 0) is 38.8 Å². The average Bonchev–Trinajstić information content (AvgIpc) is 2.95. The minimum atomic E-state index is 0.363. The lowest BCUT2D eigenvalue weighted by Crippen LogP contribution is -2.50. The molecule has 2 fully saturated rings. The number of amides is 1. The normalized spacial score (nSPS) is 26.2. The summed E-state index contributed by atoms with van der Waals surface area (Å²) in [6, 6.07) is 0. The van der Waals surface area contributed by atoms with Crippen molar-refractivity contribution in [2.45, 2.75) is 43.6 Å². The SMILES string of the molecule is CC[C@@H]1CCN(CCCC(=O)N2CCN(C(C)I)CC2)C1. The summed E-state index contributed by atoms with van der Waals surface area (Å²) in [7, 11) is 0. The molecular weight excluding hydrogens is 377 g/mol. The molecule has 122 valence electrons. The van der Waals surface area contributed by atoms with E-state index in [-0.39, 0.29) is 0 Å². The van der Waals surface area contributed by atoms with Crippen molar-refractivity contribution in [1.29, 1.82) is 0 Å². The Hall–Kier alpha value is 0.120. The van der Waals surface area contributed by atoms with E-state index in [4.69, 9.17) is 0 Å². The van der Waals surface area contributed by atoms with Crippen molar-refractivity contribution in [3.63, 3.8) is 0 Å². The summed E-state index contributed by atoms with van der Waals surface area (Å²) in [5.41, 5.74) is 0. The molecule has 21 heavy (non-hydrogen) atoms. The Kier molecular flexibility index (Phi) is 7.22. The molecule has 2 rings (SSSR count). The van der Waals surface area contributed by atoms with Gasteiger partial charge in [0.25, 0.3) is 0 Å². The molecule has 4 nitrogen and oxygen atoms in total. The quantitative estimate of drug-likeness (QED) is 0.385. The zero-order valence-electron chi connectivity index (χ0n) is 13.6. The van der Waals surface area contributed by atoms with Gasteiger partial charge < -0.3 is 9.80 Å². The fourth-order valence-corrected chi connectivity index (χ4v) is 3.95. The van der Waals surface area contributed by atoms with Gasteiger partial charge in [-0.2, -0.15) is 0 Å². The predicted molar refractivity (Wildman–Crippen MR) is 95.7 cm³/mol. The Morgan fingerprint density at radius 1 is 1.24 bits per heavy atom. The first-order chi connectivity index (χ1) is 10.1. The number of carbonyl (C=O) groups is 1. The Labute approximate surface area is 143 Å². The van der Waals surface area contributed by atoms with Crippen LogP contribution in [0.4, 0.5) is 0 Å². The summed E-state index contributed by atoms with van der Waals surface area (Å²) in [6.45, 7) is 12.0. The van der Waals surface area contributed by atoms with Crippen LogP contribution in [0.2, 0.25) is 0 Å². The van der Waals surface area contributed by atoms with Crippen LogP contribution in [0.3, 0.4) is 0 Å². The molecule has 2 atom stereocenters. The van der Waals surface area contributed by atoms with Crippen LogP contribution in [0.25, 0.3) is 0 Å². The molecule has 2 heterocycles. The van der Waals surface area contributed by atoms with Gasteiger partial charge in [0.15, 0.2) is 0 Å². The Morgan fingerprint density at radius 2 is 1.95 bits per heavy atom. The number of alkyl halides is 1. The number of hydrogen-bond acceptors (Lipinski definition) is 3. The lowest BCUT2D eigenvalue weighted by atomic mass is 10.1. The van der Waals surface area contributed by atoms with Gasteiger partial charge in [-0.15, -0.1) is 0 Å². The van der Waals surface area contributed by atoms with E-state index < -0.39 is 0 Å². The van der Waals surface area contributed by atoms with E-state index in [1.165, 1.54) is 25.9 Å². The standard InChI is InChI=1S/C16H30IN3O/c1-3-15-6-8-18(13-15)7-4-5-16(21)20-11-9-19(10-12-20)14(2)17/h14-15H,3-13H2,1-2H3/t14?,15-/m1/s1. The van der Waals surface area contributed by atoms with E-state index in [9.17, 15) is 4.79 Å². The van der Waals surface area contributed by atoms with Crippen molar-refractivity contribution < 1.29 is 4.79 Å². The van der Waals surface area contributed by atoms with Crippen molar-refractivity contribution >= 4 is 28.5 Å². The van der Waals surface area contributed by atoms with E-state index >= 15 is 0 Å². The number of carbonyl (C=O) groups excluding carboxylic acids is 1. The second-order valence-electron chi connectivity index (χ2n) is 6.46. The Bertz CT molecular complexity index is 329. The van der Waals surface area contributed by atoms with Crippen LogP contribution in [0.5, 0.6) is 0 Å². The number of rotatable bonds is 6. The monoisotopic (exact) mass is 407 g/mol. The number of hydrogen-bond donors (Lipinski definition) is 0. The van der Waals surface area contributed by atoms with Gasteiger partial charge in [-0.25, -0.2) is 0 Å². The summed E-state index contributed by atoms with van der Waals surface area (Å²) in [5, 5.41) is 0. The van der Waals surface area contributed by atoms with Gasteiger partial charge in [-0.3, -0.25) is 9.69 Å². The van der Waals surface area contributed by atoms with Crippen LogP contribution < -0.4 is 0 Å². The molecule has 0 saturated carbocycles. The van der Waals surface area contributed by atoms with Crippen LogP contribution in [0.15, 0.2) is 0 Å². The van der Waals surface area contributed by atoms with Crippen molar-refractivity contribution in [2.24, 2.45) is 5.92 Å². The average molecular weight is 407 g/mol. The number of likely N-dealkylation sites (tertiary alicyclic amines) is 1. The number of piperazine rings is 1. The van der Waals surface area contributed by atoms with E-state index in [1.54, 1.807) is 0 Å². The first-order valence-corrected chi connectivity index (χ1v) is 9.73. The number of nitrogens with zero attached hydrogens (tertiary/aromatic N) is 3. The topological polar surface area (TPSA) is 26.8 Å². The van der Waals surface area contributed by atoms with Crippen LogP contribution >= 0.6 is 22.6 Å². The minimum absolute atomic E-state index is 0.363. The molecule has 0 radical (unpaired) electrons. The van der Waals surface area contributed by atoms with Crippen molar-refractivity contribution in [3.05, 3.63) is 0 Å². The lowest BCUT2D eigenvalue weighted by molar-refractivity contribution is -0.133. The zero-order valence-corrected chi connectivity index (χ0v) is 15.7. The first-order valence-electron chi connectivity index (χ1n) is 8.48. The Morgan fingerprint density at radius 3 is 2.52 bits per heavy atom. The highest BCUT2D eigenvalue weighted by Crippen LogP contribution is 2.19. The third-order valence-electron chi connectivity index (χ3n) is 4.98. The van der Waals surface area contributed by atoms with Crippen LogP contribution in [0.1, 0.15) is 39.5 Å². The van der Waals surface area contributed by atoms with Crippen molar-refractivity contribution in [1.82, 2.24) is 14.7 Å². The third-order valence-corrected chi connectivity index (χ3v) is 5.77. The molecule has 1 unspecified atom stereocenters. The highest BCUT2D eigenvalue weighted by molar-refractivity contribution is 14.1. The molecule has 2 saturated heterocycles. The summed E-state index contributed by atoms with van der Waals surface area (Å²) in [5.74, 6) is 1.26. The van der Waals surface area contributed by atoms with Gasteiger partial charge in [0.1, 0.15) is 0 Å². The largest absolute Gasteiger partial charge is 0.340 e. The molecule has 5 heteroatoms. The smallest absolute Gasteiger partial charge is 0.222 e. The van der Waals surface area contributed by atoms with Gasteiger partial charge in [0.05, 0.1) is 4.05 Å². The predicted octanol–water partition coefficient (Wildman–Crippen LogP) is 2.42. The molecule has 0 spiro atoms. The van der Waals surface area contributed by atoms with Gasteiger partial charge >= 0.3 is 0 Å². The van der Waals surface area contributed by atoms with E-state index in [1.807, 2.05) is 0 Å². The molecule has 0 aromatic heterocycles. The minimum Gasteiger partial charge on any atom is -0.340 e. The van der Waals surface area contributed by atoms with E-state index in [2.05, 4.69) is 51.1 Å². The maximum absolute atomic E-state index is 12.3. The molecule has 2 aliphatic heterocycles. The zero-order chi connectivity index (χ0) is 15.2. The lowest BCUT2D eigenvalue weighted by Gasteiger charge is -2.36. The van der Waals surface area contributed by atoms with Crippen LogP contribution in [0, 0.1) is 5.92 Å². The molecule has 2 aliphatic rings. The third kappa shape index (κ3) is 5.36. The molecule has 1 amide bonds. The van der Waals surface area contributed by atoms with Gasteiger partial charge in [-0.1, -0.05) is 35.9 Å². The first kappa shape index (κ1) is 17.5. The molecule has 0 bridgehead atoms. The molecular formula is C16H30IN3O. The molecule has 0 aliphatic carbocycles. The summed E-state index contributed by atoms with van der Waals surface area (Å²) in [6.07, 6.45) is 4.40. The van der Waals surface area contributed by atoms with Crippen LogP contribution in [-0.2, 0) is 4.79 Å². The second-order valence-corrected chi connectivity index (χ2v) is 8.26. The highest BCUT2D eigenvalue weighted by atomic mass is 127. The second kappa shape index (κ2) is 8.67. The number of halogens is 1. The fraction of sp³-hybridized carbons (Fsp3) is 0.938. The molecule has 0 N–H and O–H groups in total. The van der Waals surface area contributed by atoms with Gasteiger partial charge in [0.2, 0.25) is 5.91 Å². The molecule has 0 aromatic rings. The van der Waals surface area contributed by atoms with Crippen molar-refractivity contribution in [3.8, 4) is 0 Å². The highest BCUT2D eigenvalue weighted by Gasteiger charge is 2.24.